The molecule has 2 heterocycles. The van der Waals surface area contributed by atoms with E-state index in [2.05, 4.69) is 26.1 Å². The van der Waals surface area contributed by atoms with E-state index < -0.39 is 0 Å². The van der Waals surface area contributed by atoms with Crippen molar-refractivity contribution in [3.05, 3.63) is 46.8 Å². The number of H-pyrrole nitrogens is 1. The van der Waals surface area contributed by atoms with Gasteiger partial charge in [0.25, 0.3) is 11.8 Å². The number of benzene rings is 1. The molecule has 128 valence electrons. The van der Waals surface area contributed by atoms with E-state index in [0.717, 1.165) is 24.2 Å². The second-order valence-electron chi connectivity index (χ2n) is 5.35. The first-order valence-electron chi connectivity index (χ1n) is 7.65. The number of carbonyl (C=O) groups is 2. The van der Waals surface area contributed by atoms with Gasteiger partial charge in [-0.2, -0.15) is 5.10 Å². The molecule has 2 aromatic rings. The lowest BCUT2D eigenvalue weighted by Gasteiger charge is -2.13. The molecule has 0 bridgehead atoms. The number of amides is 2. The molecule has 3 rings (SSSR count). The Bertz CT molecular complexity index is 727. The molecule has 1 aliphatic heterocycles. The van der Waals surface area contributed by atoms with Crippen molar-refractivity contribution in [1.29, 1.82) is 0 Å². The molecular formula is C16H20ClN5O2. The molecule has 0 unspecified atom stereocenters. The lowest BCUT2D eigenvalue weighted by Crippen LogP contribution is -2.25. The Morgan fingerprint density at radius 2 is 1.96 bits per heavy atom. The maximum atomic E-state index is 12.4. The molecule has 0 atom stereocenters. The monoisotopic (exact) mass is 349 g/mol. The summed E-state index contributed by atoms with van der Waals surface area (Å²) >= 11 is 0. The molecule has 1 aromatic heterocycles. The van der Waals surface area contributed by atoms with Crippen LogP contribution in [0.4, 0.5) is 5.69 Å². The predicted molar refractivity (Wildman–Crippen MR) is 93.6 cm³/mol. The first kappa shape index (κ1) is 18.0. The maximum Gasteiger partial charge on any atom is 0.276 e. The topological polar surface area (TPSA) is 98.9 Å². The van der Waals surface area contributed by atoms with E-state index in [-0.39, 0.29) is 24.2 Å². The summed E-state index contributed by atoms with van der Waals surface area (Å²) in [6.45, 7) is 3.98. The maximum absolute atomic E-state index is 12.4. The molecule has 7 nitrogen and oxygen atoms in total. The highest BCUT2D eigenvalue weighted by atomic mass is 35.5. The fourth-order valence-electron chi connectivity index (χ4n) is 2.57. The number of hydrogen-bond donors (Lipinski definition) is 4. The first-order valence-corrected chi connectivity index (χ1v) is 7.65. The molecule has 0 radical (unpaired) electrons. The van der Waals surface area contributed by atoms with Crippen molar-refractivity contribution in [3.8, 4) is 0 Å². The fraction of sp³-hybridized carbons (Fsp3) is 0.312. The van der Waals surface area contributed by atoms with Gasteiger partial charge in [-0.05, 0) is 31.2 Å². The third kappa shape index (κ3) is 3.74. The fourth-order valence-corrected chi connectivity index (χ4v) is 2.57. The van der Waals surface area contributed by atoms with E-state index in [0.29, 0.717) is 30.0 Å². The molecule has 1 aliphatic rings. The Labute approximate surface area is 146 Å². The Morgan fingerprint density at radius 1 is 1.21 bits per heavy atom. The number of rotatable bonds is 4. The van der Waals surface area contributed by atoms with Gasteiger partial charge in [-0.15, -0.1) is 12.4 Å². The summed E-state index contributed by atoms with van der Waals surface area (Å²) < 4.78 is 0. The van der Waals surface area contributed by atoms with Gasteiger partial charge >= 0.3 is 0 Å². The molecule has 0 saturated carbocycles. The summed E-state index contributed by atoms with van der Waals surface area (Å²) in [5.41, 5.74) is 3.54. The van der Waals surface area contributed by atoms with Crippen LogP contribution in [0.2, 0.25) is 0 Å². The Morgan fingerprint density at radius 3 is 2.67 bits per heavy atom. The van der Waals surface area contributed by atoms with Gasteiger partial charge in [0, 0.05) is 48.6 Å². The van der Waals surface area contributed by atoms with E-state index in [9.17, 15) is 9.59 Å². The Kier molecular flexibility index (Phi) is 5.94. The van der Waals surface area contributed by atoms with Crippen LogP contribution in [0.25, 0.3) is 0 Å². The van der Waals surface area contributed by atoms with Crippen LogP contribution in [0.1, 0.15) is 39.0 Å². The molecular weight excluding hydrogens is 330 g/mol. The van der Waals surface area contributed by atoms with Crippen molar-refractivity contribution < 1.29 is 9.59 Å². The number of carbonyl (C=O) groups excluding carboxylic acids is 2. The van der Waals surface area contributed by atoms with Crippen molar-refractivity contribution >= 4 is 29.9 Å². The lowest BCUT2D eigenvalue weighted by molar-refractivity contribution is 0.0955. The molecule has 0 fully saturated rings. The first-order chi connectivity index (χ1) is 11.2. The van der Waals surface area contributed by atoms with E-state index in [4.69, 9.17) is 0 Å². The summed E-state index contributed by atoms with van der Waals surface area (Å²) in [6.07, 6.45) is 0.844. The number of hydrogen-bond acceptors (Lipinski definition) is 4. The van der Waals surface area contributed by atoms with Crippen LogP contribution in [0.5, 0.6) is 0 Å². The molecule has 2 amide bonds. The molecule has 8 heteroatoms. The summed E-state index contributed by atoms with van der Waals surface area (Å²) in [5.74, 6) is -0.380. The third-order valence-electron chi connectivity index (χ3n) is 3.76. The highest BCUT2D eigenvalue weighted by Gasteiger charge is 2.21. The van der Waals surface area contributed by atoms with Crippen LogP contribution in [0.15, 0.2) is 24.3 Å². The smallest absolute Gasteiger partial charge is 0.276 e. The largest absolute Gasteiger partial charge is 0.352 e. The Hall–Kier alpha value is -2.38. The van der Waals surface area contributed by atoms with Gasteiger partial charge in [0.1, 0.15) is 0 Å². The zero-order valence-corrected chi connectivity index (χ0v) is 14.1. The third-order valence-corrected chi connectivity index (χ3v) is 3.76. The molecule has 0 aliphatic carbocycles. The van der Waals surface area contributed by atoms with E-state index in [1.807, 2.05) is 6.92 Å². The van der Waals surface area contributed by atoms with Gasteiger partial charge in [0.2, 0.25) is 0 Å². The quantitative estimate of drug-likeness (QED) is 0.672. The van der Waals surface area contributed by atoms with Crippen LogP contribution in [-0.2, 0) is 13.0 Å². The average molecular weight is 350 g/mol. The second kappa shape index (κ2) is 7.94. The standard InChI is InChI=1S/C16H19N5O2.ClH/c1-2-18-15(22)10-3-5-11(6-4-10)19-16(23)14-12-9-17-8-7-13(12)20-21-14;/h3-6,17H,2,7-9H2,1H3,(H,18,22)(H,19,23)(H,20,21);1H. The van der Waals surface area contributed by atoms with Crippen LogP contribution >= 0.6 is 12.4 Å². The molecule has 24 heavy (non-hydrogen) atoms. The van der Waals surface area contributed by atoms with Crippen molar-refractivity contribution in [2.45, 2.75) is 19.9 Å². The van der Waals surface area contributed by atoms with Gasteiger partial charge in [-0.3, -0.25) is 14.7 Å². The minimum atomic E-state index is -0.253. The van der Waals surface area contributed by atoms with Gasteiger partial charge in [-0.25, -0.2) is 0 Å². The number of nitrogens with one attached hydrogen (secondary N) is 4. The Balaban J connectivity index is 0.00000208. The highest BCUT2D eigenvalue weighted by molar-refractivity contribution is 6.04. The van der Waals surface area contributed by atoms with Gasteiger partial charge < -0.3 is 16.0 Å². The summed E-state index contributed by atoms with van der Waals surface area (Å²) in [6, 6.07) is 6.78. The van der Waals surface area contributed by atoms with Crippen LogP contribution in [0, 0.1) is 0 Å². The summed E-state index contributed by atoms with van der Waals surface area (Å²) in [5, 5.41) is 15.8. The van der Waals surface area contributed by atoms with Crippen LogP contribution in [-0.4, -0.2) is 35.1 Å². The number of aromatic amines is 1. The number of anilines is 1. The van der Waals surface area contributed by atoms with Gasteiger partial charge in [-0.1, -0.05) is 0 Å². The normalized spacial score (nSPS) is 12.7. The SMILES string of the molecule is CCNC(=O)c1ccc(NC(=O)c2n[nH]c3c2CNCC3)cc1.Cl. The molecule has 0 spiro atoms. The molecule has 1 aromatic carbocycles. The number of nitrogens with zero attached hydrogens (tertiary/aromatic N) is 1. The lowest BCUT2D eigenvalue weighted by atomic mass is 10.1. The zero-order chi connectivity index (χ0) is 16.2. The minimum absolute atomic E-state index is 0. The van der Waals surface area contributed by atoms with Gasteiger partial charge in [0.05, 0.1) is 0 Å². The second-order valence-corrected chi connectivity index (χ2v) is 5.35. The highest BCUT2D eigenvalue weighted by Crippen LogP contribution is 2.17. The zero-order valence-electron chi connectivity index (χ0n) is 13.3. The van der Waals surface area contributed by atoms with Crippen LogP contribution in [0.3, 0.4) is 0 Å². The predicted octanol–water partition coefficient (Wildman–Crippen LogP) is 1.48. The van der Waals surface area contributed by atoms with E-state index in [1.165, 1.54) is 0 Å². The number of halogens is 1. The summed E-state index contributed by atoms with van der Waals surface area (Å²) in [4.78, 5) is 24.1. The number of fused-ring (bicyclic) bond motifs is 1. The average Bonchev–Trinajstić information content (AvgIpc) is 3.00. The van der Waals surface area contributed by atoms with Crippen molar-refractivity contribution in [1.82, 2.24) is 20.8 Å². The van der Waals surface area contributed by atoms with Crippen molar-refractivity contribution in [2.24, 2.45) is 0 Å². The van der Waals surface area contributed by atoms with Crippen molar-refractivity contribution in [2.75, 3.05) is 18.4 Å². The van der Waals surface area contributed by atoms with Crippen LogP contribution < -0.4 is 16.0 Å². The van der Waals surface area contributed by atoms with E-state index in [1.54, 1.807) is 24.3 Å². The molecule has 0 saturated heterocycles. The molecule has 4 N–H and O–H groups in total. The minimum Gasteiger partial charge on any atom is -0.352 e. The van der Waals surface area contributed by atoms with E-state index >= 15 is 0 Å². The number of aromatic nitrogens is 2. The summed E-state index contributed by atoms with van der Waals surface area (Å²) in [7, 11) is 0. The van der Waals surface area contributed by atoms with Gasteiger partial charge in [0.15, 0.2) is 5.69 Å². The van der Waals surface area contributed by atoms with Crippen molar-refractivity contribution in [3.63, 3.8) is 0 Å².